The number of methoxy groups -OCH3 is 2. The quantitative estimate of drug-likeness (QED) is 0.505. The molecular formula is C27H33F2NO3. The van der Waals surface area contributed by atoms with E-state index in [0.29, 0.717) is 42.5 Å². The van der Waals surface area contributed by atoms with Crippen molar-refractivity contribution in [2.24, 2.45) is 5.92 Å². The first kappa shape index (κ1) is 23.7. The van der Waals surface area contributed by atoms with Gasteiger partial charge in [0.25, 0.3) is 0 Å². The number of fused-ring (bicyclic) bond motifs is 1. The van der Waals surface area contributed by atoms with E-state index in [0.717, 1.165) is 24.0 Å². The third-order valence-electron chi connectivity index (χ3n) is 7.28. The van der Waals surface area contributed by atoms with Gasteiger partial charge in [-0.2, -0.15) is 0 Å². The fourth-order valence-electron chi connectivity index (χ4n) is 5.58. The van der Waals surface area contributed by atoms with Crippen LogP contribution in [0.2, 0.25) is 0 Å². The van der Waals surface area contributed by atoms with Crippen LogP contribution in [0.5, 0.6) is 11.5 Å². The van der Waals surface area contributed by atoms with Crippen molar-refractivity contribution in [2.45, 2.75) is 70.2 Å². The Bertz CT molecular complexity index is 1010. The maximum atomic E-state index is 15.9. The van der Waals surface area contributed by atoms with E-state index in [1.807, 2.05) is 6.07 Å². The summed E-state index contributed by atoms with van der Waals surface area (Å²) in [4.78, 5) is 15.4. The third-order valence-corrected chi connectivity index (χ3v) is 7.28. The molecule has 178 valence electrons. The topological polar surface area (TPSA) is 38.8 Å². The Balaban J connectivity index is 1.44. The predicted molar refractivity (Wildman–Crippen MR) is 124 cm³/mol. The molecule has 0 N–H and O–H groups in total. The molecule has 0 amide bonds. The average molecular weight is 458 g/mol. The van der Waals surface area contributed by atoms with Crippen LogP contribution >= 0.6 is 0 Å². The second-order valence-corrected chi connectivity index (χ2v) is 9.83. The molecule has 1 heterocycles. The molecule has 4 rings (SSSR count). The third kappa shape index (κ3) is 5.06. The van der Waals surface area contributed by atoms with Gasteiger partial charge in [0.05, 0.1) is 14.2 Å². The highest BCUT2D eigenvalue weighted by atomic mass is 19.1. The number of benzene rings is 2. The Morgan fingerprint density at radius 1 is 1.06 bits per heavy atom. The fraction of sp³-hybridized carbons (Fsp3) is 0.519. The van der Waals surface area contributed by atoms with E-state index in [-0.39, 0.29) is 30.0 Å². The SMILES string of the molecule is COc1cc2c(cc1OC)C(=O)C(CC(C)(F)CC1CCC(C)N1Cc1ccc(F)cc1)C2. The lowest BCUT2D eigenvalue weighted by Crippen LogP contribution is -2.39. The first-order valence-electron chi connectivity index (χ1n) is 11.7. The standard InChI is InChI=1S/C27H33F2NO3/c1-17-5-10-22(30(17)16-18-6-8-21(28)9-7-18)15-27(2,29)14-20-11-19-12-24(32-3)25(33-4)13-23(19)26(20)31/h6-9,12-13,17,20,22H,5,10-11,14-16H2,1-4H3. The molecule has 2 aliphatic rings. The lowest BCUT2D eigenvalue weighted by molar-refractivity contribution is 0.0682. The first-order valence-corrected chi connectivity index (χ1v) is 11.7. The minimum Gasteiger partial charge on any atom is -0.493 e. The zero-order valence-corrected chi connectivity index (χ0v) is 19.9. The second-order valence-electron chi connectivity index (χ2n) is 9.83. The number of carbonyl (C=O) groups excluding carboxylic acids is 1. The molecule has 2 aromatic rings. The maximum absolute atomic E-state index is 15.9. The molecule has 0 spiro atoms. The molecule has 0 bridgehead atoms. The molecule has 33 heavy (non-hydrogen) atoms. The van der Waals surface area contributed by atoms with E-state index in [1.165, 1.54) is 12.1 Å². The summed E-state index contributed by atoms with van der Waals surface area (Å²) in [7, 11) is 3.11. The van der Waals surface area contributed by atoms with Crippen LogP contribution in [-0.2, 0) is 13.0 Å². The number of rotatable bonds is 8. The number of nitrogens with zero attached hydrogens (tertiary/aromatic N) is 1. The molecule has 1 fully saturated rings. The van der Waals surface area contributed by atoms with Crippen molar-refractivity contribution in [2.75, 3.05) is 14.2 Å². The van der Waals surface area contributed by atoms with Crippen LogP contribution in [0.15, 0.2) is 36.4 Å². The van der Waals surface area contributed by atoms with Gasteiger partial charge in [-0.3, -0.25) is 9.69 Å². The monoisotopic (exact) mass is 457 g/mol. The van der Waals surface area contributed by atoms with Gasteiger partial charge in [0, 0.05) is 30.1 Å². The molecule has 2 aromatic carbocycles. The normalized spacial score (nSPS) is 24.5. The summed E-state index contributed by atoms with van der Waals surface area (Å²) in [5.41, 5.74) is 1.07. The largest absolute Gasteiger partial charge is 0.493 e. The Morgan fingerprint density at radius 3 is 2.39 bits per heavy atom. The zero-order valence-electron chi connectivity index (χ0n) is 19.9. The number of hydrogen-bond acceptors (Lipinski definition) is 4. The molecule has 4 nitrogen and oxygen atoms in total. The molecule has 0 aromatic heterocycles. The van der Waals surface area contributed by atoms with E-state index < -0.39 is 5.67 Å². The van der Waals surface area contributed by atoms with Gasteiger partial charge in [-0.15, -0.1) is 0 Å². The van der Waals surface area contributed by atoms with Crippen LogP contribution in [0.25, 0.3) is 0 Å². The van der Waals surface area contributed by atoms with Crippen LogP contribution in [0, 0.1) is 11.7 Å². The summed E-state index contributed by atoms with van der Waals surface area (Å²) >= 11 is 0. The van der Waals surface area contributed by atoms with Crippen LogP contribution in [-0.4, -0.2) is 42.7 Å². The molecule has 1 saturated heterocycles. The number of carbonyl (C=O) groups is 1. The molecular weight excluding hydrogens is 424 g/mol. The van der Waals surface area contributed by atoms with E-state index in [4.69, 9.17) is 9.47 Å². The van der Waals surface area contributed by atoms with Gasteiger partial charge in [0.1, 0.15) is 11.5 Å². The lowest BCUT2D eigenvalue weighted by Gasteiger charge is -2.33. The fourth-order valence-corrected chi connectivity index (χ4v) is 5.58. The van der Waals surface area contributed by atoms with Crippen molar-refractivity contribution >= 4 is 5.78 Å². The number of alkyl halides is 1. The highest BCUT2D eigenvalue weighted by molar-refractivity contribution is 6.03. The highest BCUT2D eigenvalue weighted by Gasteiger charge is 2.41. The van der Waals surface area contributed by atoms with Crippen molar-refractivity contribution in [1.29, 1.82) is 0 Å². The van der Waals surface area contributed by atoms with Gasteiger partial charge >= 0.3 is 0 Å². The maximum Gasteiger partial charge on any atom is 0.166 e. The second kappa shape index (κ2) is 9.41. The van der Waals surface area contributed by atoms with Gasteiger partial charge < -0.3 is 9.47 Å². The average Bonchev–Trinajstić information content (AvgIpc) is 3.27. The Labute approximate surface area is 194 Å². The lowest BCUT2D eigenvalue weighted by atomic mass is 9.85. The molecule has 0 saturated carbocycles. The summed E-state index contributed by atoms with van der Waals surface area (Å²) in [5, 5.41) is 0. The van der Waals surface area contributed by atoms with Crippen molar-refractivity contribution < 1.29 is 23.0 Å². The number of Topliss-reactive ketones (excluding diaryl/α,β-unsaturated/α-hetero) is 1. The van der Waals surface area contributed by atoms with Gasteiger partial charge in [-0.05, 0) is 81.3 Å². The first-order chi connectivity index (χ1) is 15.7. The summed E-state index contributed by atoms with van der Waals surface area (Å²) in [6.07, 6.45) is 3.03. The van der Waals surface area contributed by atoms with Crippen LogP contribution in [0.1, 0.15) is 61.0 Å². The Kier molecular flexibility index (Phi) is 6.76. The molecule has 6 heteroatoms. The van der Waals surface area contributed by atoms with E-state index in [1.54, 1.807) is 39.3 Å². The van der Waals surface area contributed by atoms with Crippen LogP contribution < -0.4 is 9.47 Å². The zero-order chi connectivity index (χ0) is 23.8. The number of hydrogen-bond donors (Lipinski definition) is 0. The minimum absolute atomic E-state index is 0.0159. The molecule has 1 aliphatic carbocycles. The van der Waals surface area contributed by atoms with E-state index >= 15 is 4.39 Å². The number of ketones is 1. The minimum atomic E-state index is -1.47. The molecule has 4 unspecified atom stereocenters. The van der Waals surface area contributed by atoms with Gasteiger partial charge in [0.2, 0.25) is 0 Å². The van der Waals surface area contributed by atoms with Crippen molar-refractivity contribution in [3.8, 4) is 11.5 Å². The summed E-state index contributed by atoms with van der Waals surface area (Å²) in [6, 6.07) is 10.5. The van der Waals surface area contributed by atoms with Crippen LogP contribution in [0.3, 0.4) is 0 Å². The number of halogens is 2. The molecule has 1 aliphatic heterocycles. The van der Waals surface area contributed by atoms with Gasteiger partial charge in [-0.1, -0.05) is 12.1 Å². The van der Waals surface area contributed by atoms with Crippen molar-refractivity contribution in [1.82, 2.24) is 4.90 Å². The van der Waals surface area contributed by atoms with Crippen molar-refractivity contribution in [3.63, 3.8) is 0 Å². The summed E-state index contributed by atoms with van der Waals surface area (Å²) < 4.78 is 39.9. The van der Waals surface area contributed by atoms with Crippen molar-refractivity contribution in [3.05, 3.63) is 58.9 Å². The summed E-state index contributed by atoms with van der Waals surface area (Å²) in [5.74, 6) is 0.460. The molecule has 0 radical (unpaired) electrons. The van der Waals surface area contributed by atoms with Crippen LogP contribution in [0.4, 0.5) is 8.78 Å². The summed E-state index contributed by atoms with van der Waals surface area (Å²) in [6.45, 7) is 4.47. The van der Waals surface area contributed by atoms with E-state index in [2.05, 4.69) is 11.8 Å². The van der Waals surface area contributed by atoms with Gasteiger partial charge in [-0.25, -0.2) is 8.78 Å². The predicted octanol–water partition coefficient (Wildman–Crippen LogP) is 5.76. The Hall–Kier alpha value is -2.47. The highest BCUT2D eigenvalue weighted by Crippen LogP contribution is 2.41. The van der Waals surface area contributed by atoms with Gasteiger partial charge in [0.15, 0.2) is 17.3 Å². The van der Waals surface area contributed by atoms with E-state index in [9.17, 15) is 9.18 Å². The molecule has 4 atom stereocenters. The Morgan fingerprint density at radius 2 is 1.73 bits per heavy atom. The number of likely N-dealkylation sites (tertiary alicyclic amines) is 1. The number of ether oxygens (including phenoxy) is 2. The smallest absolute Gasteiger partial charge is 0.166 e.